The minimum atomic E-state index is -3.49. The third-order valence-electron chi connectivity index (χ3n) is 3.72. The van der Waals surface area contributed by atoms with Crippen LogP contribution in [0.25, 0.3) is 0 Å². The lowest BCUT2D eigenvalue weighted by Crippen LogP contribution is -2.49. The quantitative estimate of drug-likeness (QED) is 0.890. The first kappa shape index (κ1) is 15.0. The highest BCUT2D eigenvalue weighted by atomic mass is 79.9. The predicted octanol–water partition coefficient (Wildman–Crippen LogP) is 2.60. The smallest absolute Gasteiger partial charge is 0.240 e. The Morgan fingerprint density at radius 3 is 2.63 bits per heavy atom. The Morgan fingerprint density at radius 2 is 2.11 bits per heavy atom. The van der Waals surface area contributed by atoms with Crippen LogP contribution in [0.3, 0.4) is 0 Å². The van der Waals surface area contributed by atoms with Gasteiger partial charge in [0.2, 0.25) is 10.0 Å². The fourth-order valence-corrected chi connectivity index (χ4v) is 4.09. The first-order valence-corrected chi connectivity index (χ1v) is 8.47. The molecule has 0 amide bonds. The summed E-state index contributed by atoms with van der Waals surface area (Å²) >= 11 is 3.30. The van der Waals surface area contributed by atoms with Crippen molar-refractivity contribution in [1.29, 1.82) is 0 Å². The number of hydrogen-bond acceptors (Lipinski definition) is 3. The number of methoxy groups -OCH3 is 1. The molecular formula is C13H18BrNO3S. The van der Waals surface area contributed by atoms with Crippen molar-refractivity contribution in [2.45, 2.75) is 36.7 Å². The van der Waals surface area contributed by atoms with Gasteiger partial charge >= 0.3 is 0 Å². The van der Waals surface area contributed by atoms with Crippen molar-refractivity contribution >= 4 is 26.0 Å². The van der Waals surface area contributed by atoms with Crippen molar-refractivity contribution in [2.75, 3.05) is 13.7 Å². The van der Waals surface area contributed by atoms with Crippen LogP contribution in [-0.4, -0.2) is 27.7 Å². The Hall–Kier alpha value is -0.430. The van der Waals surface area contributed by atoms with Crippen molar-refractivity contribution in [2.24, 2.45) is 0 Å². The number of aryl methyl sites for hydroxylation is 1. The molecule has 0 radical (unpaired) electrons. The van der Waals surface area contributed by atoms with E-state index in [1.165, 1.54) is 0 Å². The number of sulfonamides is 1. The van der Waals surface area contributed by atoms with Crippen LogP contribution < -0.4 is 4.72 Å². The first-order valence-electron chi connectivity index (χ1n) is 6.20. The molecule has 1 fully saturated rings. The molecule has 6 heteroatoms. The molecule has 0 atom stereocenters. The van der Waals surface area contributed by atoms with Crippen molar-refractivity contribution < 1.29 is 13.2 Å². The maximum Gasteiger partial charge on any atom is 0.240 e. The summed E-state index contributed by atoms with van der Waals surface area (Å²) in [6.45, 7) is 2.12. The summed E-state index contributed by atoms with van der Waals surface area (Å²) in [6.07, 6.45) is 2.90. The number of nitrogens with one attached hydrogen (secondary N) is 1. The highest BCUT2D eigenvalue weighted by molar-refractivity contribution is 9.10. The molecule has 1 aromatic rings. The summed E-state index contributed by atoms with van der Waals surface area (Å²) < 4.78 is 33.5. The summed E-state index contributed by atoms with van der Waals surface area (Å²) in [4.78, 5) is 0.312. The van der Waals surface area contributed by atoms with Crippen molar-refractivity contribution in [3.63, 3.8) is 0 Å². The normalized spacial score (nSPS) is 18.1. The van der Waals surface area contributed by atoms with Gasteiger partial charge in [0.1, 0.15) is 0 Å². The molecule has 0 heterocycles. The van der Waals surface area contributed by atoms with E-state index in [9.17, 15) is 8.42 Å². The van der Waals surface area contributed by atoms with Crippen molar-refractivity contribution in [1.82, 2.24) is 4.72 Å². The topological polar surface area (TPSA) is 55.4 Å². The number of benzene rings is 1. The molecule has 19 heavy (non-hydrogen) atoms. The second-order valence-corrected chi connectivity index (χ2v) is 7.63. The van der Waals surface area contributed by atoms with Crippen LogP contribution in [0.1, 0.15) is 24.8 Å². The van der Waals surface area contributed by atoms with E-state index in [-0.39, 0.29) is 5.60 Å². The molecule has 0 aliphatic heterocycles. The highest BCUT2D eigenvalue weighted by Gasteiger charge is 2.38. The van der Waals surface area contributed by atoms with E-state index in [1.807, 2.05) is 6.07 Å². The zero-order chi connectivity index (χ0) is 14.1. The molecule has 1 saturated carbocycles. The van der Waals surface area contributed by atoms with E-state index in [0.29, 0.717) is 11.4 Å². The molecule has 1 aromatic carbocycles. The van der Waals surface area contributed by atoms with Crippen LogP contribution in [0, 0.1) is 6.92 Å². The highest BCUT2D eigenvalue weighted by Crippen LogP contribution is 2.34. The Labute approximate surface area is 122 Å². The van der Waals surface area contributed by atoms with Gasteiger partial charge in [-0.1, -0.05) is 22.0 Å². The number of halogens is 1. The van der Waals surface area contributed by atoms with Gasteiger partial charge < -0.3 is 4.74 Å². The fraction of sp³-hybridized carbons (Fsp3) is 0.538. The average Bonchev–Trinajstić information content (AvgIpc) is 2.31. The minimum Gasteiger partial charge on any atom is -0.377 e. The van der Waals surface area contributed by atoms with Gasteiger partial charge in [0.15, 0.2) is 0 Å². The van der Waals surface area contributed by atoms with Gasteiger partial charge in [0.25, 0.3) is 0 Å². The molecule has 0 spiro atoms. The van der Waals surface area contributed by atoms with E-state index >= 15 is 0 Å². The van der Waals surface area contributed by atoms with E-state index in [2.05, 4.69) is 20.7 Å². The number of hydrogen-bond donors (Lipinski definition) is 1. The van der Waals surface area contributed by atoms with Crippen molar-refractivity contribution in [3.8, 4) is 0 Å². The molecule has 1 N–H and O–H groups in total. The molecule has 0 saturated heterocycles. The zero-order valence-corrected chi connectivity index (χ0v) is 13.5. The van der Waals surface area contributed by atoms with Crippen molar-refractivity contribution in [3.05, 3.63) is 28.2 Å². The molecule has 106 valence electrons. The average molecular weight is 348 g/mol. The van der Waals surface area contributed by atoms with Gasteiger partial charge in [0, 0.05) is 18.1 Å². The molecule has 4 nitrogen and oxygen atoms in total. The SMILES string of the molecule is COC1(CNS(=O)(=O)c2cc(Br)ccc2C)CCC1. The lowest BCUT2D eigenvalue weighted by Gasteiger charge is -2.40. The van der Waals surface area contributed by atoms with E-state index < -0.39 is 10.0 Å². The second-order valence-electron chi connectivity index (χ2n) is 4.98. The van der Waals surface area contributed by atoms with Crippen LogP contribution in [0.15, 0.2) is 27.6 Å². The molecule has 0 unspecified atom stereocenters. The van der Waals surface area contributed by atoms with Gasteiger partial charge in [0.05, 0.1) is 10.5 Å². The van der Waals surface area contributed by atoms with Crippen LogP contribution in [0.5, 0.6) is 0 Å². The second kappa shape index (κ2) is 5.52. The molecule has 0 aromatic heterocycles. The van der Waals surface area contributed by atoms with Crippen LogP contribution in [-0.2, 0) is 14.8 Å². The Kier molecular flexibility index (Phi) is 4.35. The zero-order valence-electron chi connectivity index (χ0n) is 11.1. The van der Waals surface area contributed by atoms with Gasteiger partial charge in [-0.05, 0) is 43.9 Å². The van der Waals surface area contributed by atoms with E-state index in [0.717, 1.165) is 29.3 Å². The molecular weight excluding hydrogens is 330 g/mol. The largest absolute Gasteiger partial charge is 0.377 e. The van der Waals surface area contributed by atoms with Crippen LogP contribution in [0.4, 0.5) is 0 Å². The summed E-state index contributed by atoms with van der Waals surface area (Å²) in [7, 11) is -1.86. The molecule has 0 bridgehead atoms. The van der Waals surface area contributed by atoms with Crippen LogP contribution in [0.2, 0.25) is 0 Å². The number of rotatable bonds is 5. The standard InChI is InChI=1S/C13H18BrNO3S/c1-10-4-5-11(14)8-12(10)19(16,17)15-9-13(18-2)6-3-7-13/h4-5,8,15H,3,6-7,9H2,1-2H3. The maximum absolute atomic E-state index is 12.3. The Bertz CT molecular complexity index is 562. The minimum absolute atomic E-state index is 0.312. The third kappa shape index (κ3) is 3.18. The molecule has 1 aliphatic carbocycles. The Balaban J connectivity index is 2.16. The number of ether oxygens (including phenoxy) is 1. The summed E-state index contributed by atoms with van der Waals surface area (Å²) in [5.74, 6) is 0. The summed E-state index contributed by atoms with van der Waals surface area (Å²) in [6, 6.07) is 5.24. The molecule has 2 rings (SSSR count). The fourth-order valence-electron chi connectivity index (χ4n) is 2.19. The lowest BCUT2D eigenvalue weighted by atomic mass is 9.80. The third-order valence-corrected chi connectivity index (χ3v) is 5.76. The van der Waals surface area contributed by atoms with E-state index in [4.69, 9.17) is 4.74 Å². The van der Waals surface area contributed by atoms with E-state index in [1.54, 1.807) is 26.2 Å². The maximum atomic E-state index is 12.3. The lowest BCUT2D eigenvalue weighted by molar-refractivity contribution is -0.0659. The summed E-state index contributed by atoms with van der Waals surface area (Å²) in [5.41, 5.74) is 0.420. The van der Waals surface area contributed by atoms with Gasteiger partial charge in [-0.25, -0.2) is 13.1 Å². The van der Waals surface area contributed by atoms with Gasteiger partial charge in [-0.2, -0.15) is 0 Å². The van der Waals surface area contributed by atoms with Crippen LogP contribution >= 0.6 is 15.9 Å². The van der Waals surface area contributed by atoms with Gasteiger partial charge in [-0.3, -0.25) is 0 Å². The monoisotopic (exact) mass is 347 g/mol. The molecule has 1 aliphatic rings. The first-order chi connectivity index (χ1) is 8.88. The Morgan fingerprint density at radius 1 is 1.42 bits per heavy atom. The van der Waals surface area contributed by atoms with Gasteiger partial charge in [-0.15, -0.1) is 0 Å². The predicted molar refractivity (Wildman–Crippen MR) is 77.7 cm³/mol. The summed E-state index contributed by atoms with van der Waals surface area (Å²) in [5, 5.41) is 0.